The smallest absolute Gasteiger partial charge is 0.260 e. The number of nitrogens with zero attached hydrogens (tertiary/aromatic N) is 3. The monoisotopic (exact) mass is 643 g/mol. The van der Waals surface area contributed by atoms with Crippen molar-refractivity contribution < 1.29 is 9.53 Å². The summed E-state index contributed by atoms with van der Waals surface area (Å²) in [5.41, 5.74) is 11.1. The first kappa shape index (κ1) is 26.2. The summed E-state index contributed by atoms with van der Waals surface area (Å²) in [5, 5.41) is 8.45. The number of carbonyl (C=O) groups is 1. The Morgan fingerprint density at radius 2 is 2.14 bits per heavy atom. The molecular formula is C27H26IN5O2S2. The minimum absolute atomic E-state index is 0.416. The van der Waals surface area contributed by atoms with Crippen LogP contribution in [-0.2, 0) is 11.3 Å². The number of anilines is 1. The molecule has 37 heavy (non-hydrogen) atoms. The number of ether oxygens (including phenoxy) is 1. The zero-order valence-electron chi connectivity index (χ0n) is 20.3. The van der Waals surface area contributed by atoms with E-state index in [-0.39, 0.29) is 0 Å². The Hall–Kier alpha value is -2.43. The van der Waals surface area contributed by atoms with Crippen LogP contribution in [0.15, 0.2) is 36.5 Å². The molecular weight excluding hydrogens is 617 g/mol. The van der Waals surface area contributed by atoms with Crippen LogP contribution in [0.5, 0.6) is 0 Å². The Morgan fingerprint density at radius 3 is 2.89 bits per heavy atom. The number of morpholine rings is 1. The van der Waals surface area contributed by atoms with Gasteiger partial charge in [-0.15, -0.1) is 11.3 Å². The molecule has 1 fully saturated rings. The van der Waals surface area contributed by atoms with Crippen LogP contribution >= 0.6 is 41.5 Å². The quantitative estimate of drug-likeness (QED) is 0.199. The third kappa shape index (κ3) is 5.71. The Bertz CT molecular complexity index is 1520. The van der Waals surface area contributed by atoms with Gasteiger partial charge in [0.2, 0.25) is 0 Å². The highest BCUT2D eigenvalue weighted by Crippen LogP contribution is 2.40. The van der Waals surface area contributed by atoms with Gasteiger partial charge in [0.05, 0.1) is 30.1 Å². The average molecular weight is 644 g/mol. The average Bonchev–Trinajstić information content (AvgIpc) is 3.31. The van der Waals surface area contributed by atoms with E-state index in [4.69, 9.17) is 15.5 Å². The van der Waals surface area contributed by atoms with Gasteiger partial charge < -0.3 is 15.8 Å². The summed E-state index contributed by atoms with van der Waals surface area (Å²) in [7, 11) is 1.44. The minimum Gasteiger partial charge on any atom is -0.383 e. The van der Waals surface area contributed by atoms with E-state index >= 15 is 0 Å². The number of nitrogens with one attached hydrogen (secondary N) is 1. The molecule has 0 unspecified atom stereocenters. The van der Waals surface area contributed by atoms with Crippen molar-refractivity contribution in [1.29, 1.82) is 0 Å². The maximum absolute atomic E-state index is 12.2. The fraction of sp³-hybridized carbons (Fsp3) is 0.296. The first-order chi connectivity index (χ1) is 18.1. The number of hydrogen-bond donors (Lipinski definition) is 2. The molecule has 3 N–H and O–H groups in total. The molecule has 190 valence electrons. The van der Waals surface area contributed by atoms with Gasteiger partial charge in [0, 0.05) is 74.6 Å². The van der Waals surface area contributed by atoms with Gasteiger partial charge in [0.25, 0.3) is 5.91 Å². The fourth-order valence-electron chi connectivity index (χ4n) is 4.53. The Balaban J connectivity index is 1.62. The third-order valence-corrected chi connectivity index (χ3v) is 8.28. The number of rotatable bonds is 7. The molecule has 7 nitrogen and oxygen atoms in total. The van der Waals surface area contributed by atoms with Gasteiger partial charge >= 0.3 is 0 Å². The normalized spacial score (nSPS) is 14.0. The molecule has 0 spiro atoms. The second-order valence-corrected chi connectivity index (χ2v) is 11.5. The van der Waals surface area contributed by atoms with Crippen molar-refractivity contribution >= 4 is 74.1 Å². The molecule has 4 heterocycles. The van der Waals surface area contributed by atoms with Crippen LogP contribution in [0.2, 0.25) is 0 Å². The summed E-state index contributed by atoms with van der Waals surface area (Å²) >= 11 is 3.58. The summed E-state index contributed by atoms with van der Waals surface area (Å²) in [6, 6.07) is 10.2. The second kappa shape index (κ2) is 12.0. The lowest BCUT2D eigenvalue weighted by atomic mass is 10.0. The van der Waals surface area contributed by atoms with Crippen molar-refractivity contribution in [3.63, 3.8) is 0 Å². The molecule has 0 radical (unpaired) electrons. The number of pyridine rings is 2. The first-order valence-corrected chi connectivity index (χ1v) is 16.2. The van der Waals surface area contributed by atoms with Crippen molar-refractivity contribution in [1.82, 2.24) is 14.9 Å². The highest BCUT2D eigenvalue weighted by atomic mass is 127. The number of aromatic nitrogens is 2. The summed E-state index contributed by atoms with van der Waals surface area (Å²) in [6.07, 6.45) is 2.87. The van der Waals surface area contributed by atoms with Crippen LogP contribution in [0.1, 0.15) is 34.3 Å². The van der Waals surface area contributed by atoms with Crippen LogP contribution in [0, 0.1) is 11.2 Å². The van der Waals surface area contributed by atoms with E-state index in [0.29, 0.717) is 4.88 Å². The number of primary amides is 1. The highest BCUT2D eigenvalue weighted by Gasteiger charge is 2.20. The topological polar surface area (TPSA) is 93.4 Å². The summed E-state index contributed by atoms with van der Waals surface area (Å²) in [5.74, 6) is 2.70. The highest BCUT2D eigenvalue weighted by molar-refractivity contribution is 14.2. The van der Waals surface area contributed by atoms with Gasteiger partial charge in [-0.2, -0.15) is 0 Å². The molecule has 0 bridgehead atoms. The fourth-order valence-corrected chi connectivity index (χ4v) is 6.05. The molecule has 3 aromatic heterocycles. The van der Waals surface area contributed by atoms with Gasteiger partial charge in [0.1, 0.15) is 10.6 Å². The molecule has 1 aromatic carbocycles. The molecule has 5 rings (SSSR count). The molecule has 1 saturated heterocycles. The maximum Gasteiger partial charge on any atom is 0.260 e. The Kier molecular flexibility index (Phi) is 8.46. The van der Waals surface area contributed by atoms with E-state index in [1.165, 1.54) is 20.3 Å². The second-order valence-electron chi connectivity index (χ2n) is 8.72. The zero-order valence-corrected chi connectivity index (χ0v) is 24.1. The van der Waals surface area contributed by atoms with Gasteiger partial charge in [-0.3, -0.25) is 9.69 Å². The molecule has 10 heteroatoms. The van der Waals surface area contributed by atoms with Crippen molar-refractivity contribution in [2.24, 2.45) is 5.73 Å². The molecule has 4 aromatic rings. The van der Waals surface area contributed by atoms with E-state index < -0.39 is 5.91 Å². The third-order valence-electron chi connectivity index (χ3n) is 6.28. The Morgan fingerprint density at radius 1 is 1.30 bits per heavy atom. The number of nitrogens with two attached hydrogens (primary N) is 1. The van der Waals surface area contributed by atoms with E-state index in [2.05, 4.69) is 66.6 Å². The number of thiophene rings is 1. The van der Waals surface area contributed by atoms with E-state index in [1.807, 2.05) is 24.4 Å². The van der Waals surface area contributed by atoms with Gasteiger partial charge in [0.15, 0.2) is 0 Å². The van der Waals surface area contributed by atoms with Crippen LogP contribution in [0.4, 0.5) is 5.69 Å². The van der Waals surface area contributed by atoms with Crippen LogP contribution < -0.4 is 11.1 Å². The summed E-state index contributed by atoms with van der Waals surface area (Å²) < 4.78 is 6.54. The number of halogens is 1. The predicted molar refractivity (Wildman–Crippen MR) is 162 cm³/mol. The van der Waals surface area contributed by atoms with E-state index in [1.54, 1.807) is 0 Å². The van der Waals surface area contributed by atoms with E-state index in [9.17, 15) is 4.79 Å². The molecule has 0 aliphatic carbocycles. The van der Waals surface area contributed by atoms with Crippen LogP contribution in [0.25, 0.3) is 32.2 Å². The van der Waals surface area contributed by atoms with Gasteiger partial charge in [-0.1, -0.05) is 6.92 Å². The number of hydrogen-bond acceptors (Lipinski definition) is 8. The number of fused-ring (bicyclic) bond motifs is 3. The Labute approximate surface area is 236 Å². The molecule has 1 aliphatic heterocycles. The lowest BCUT2D eigenvalue weighted by Gasteiger charge is -2.27. The molecule has 1 aliphatic rings. The van der Waals surface area contributed by atoms with Crippen molar-refractivity contribution in [3.8, 4) is 22.4 Å². The van der Waals surface area contributed by atoms with Gasteiger partial charge in [-0.05, 0) is 62.4 Å². The predicted octanol–water partition coefficient (Wildman–Crippen LogP) is 5.66. The standard InChI is InChI=1S/C27H26IN5O2S2/c1-2-8-30-25-24-19-3-4-22(32-21(19)5-6-23(24)37-26(25)27(29)34)20-14-18(7-13-36-28)31-15-17(20)16-33-9-11-35-12-10-33/h3-6,14-15,30H,2,8-12,16H2,1H3,(H2,29,34). The molecule has 0 saturated carbocycles. The summed E-state index contributed by atoms with van der Waals surface area (Å²) in [6.45, 7) is 6.90. The van der Waals surface area contributed by atoms with Crippen molar-refractivity contribution in [3.05, 3.63) is 52.7 Å². The SMILES string of the molecule is CCCNc1c(C(N)=O)sc2ccc3nc(-c4cc(C#CSI)ncc4CN4CCOCC4)ccc3c12. The van der Waals surface area contributed by atoms with Crippen LogP contribution in [0.3, 0.4) is 0 Å². The largest absolute Gasteiger partial charge is 0.383 e. The van der Waals surface area contributed by atoms with E-state index in [0.717, 1.165) is 95.0 Å². The zero-order chi connectivity index (χ0) is 25.8. The maximum atomic E-state index is 12.2. The first-order valence-electron chi connectivity index (χ1n) is 12.1. The number of amides is 1. The minimum atomic E-state index is -0.416. The van der Waals surface area contributed by atoms with Crippen LogP contribution in [-0.4, -0.2) is 53.6 Å². The lowest BCUT2D eigenvalue weighted by molar-refractivity contribution is 0.0342. The number of benzene rings is 1. The van der Waals surface area contributed by atoms with Gasteiger partial charge in [-0.25, -0.2) is 9.97 Å². The summed E-state index contributed by atoms with van der Waals surface area (Å²) in [4.78, 5) is 24.8. The van der Waals surface area contributed by atoms with Crippen molar-refractivity contribution in [2.45, 2.75) is 19.9 Å². The lowest BCUT2D eigenvalue weighted by Crippen LogP contribution is -2.35. The number of carbonyl (C=O) groups excluding carboxylic acids is 1. The van der Waals surface area contributed by atoms with Crippen molar-refractivity contribution in [2.75, 3.05) is 38.2 Å². The molecule has 0 atom stereocenters. The molecule has 1 amide bonds.